The van der Waals surface area contributed by atoms with E-state index in [1.54, 1.807) is 13.0 Å². The highest BCUT2D eigenvalue weighted by Gasteiger charge is 2.47. The molecule has 0 aliphatic carbocycles. The third-order valence-corrected chi connectivity index (χ3v) is 9.76. The number of rotatable bonds is 11. The summed E-state index contributed by atoms with van der Waals surface area (Å²) in [4.78, 5) is 66.5. The Hall–Kier alpha value is -2.66. The minimum Gasteiger partial charge on any atom is -0.387 e. The summed E-state index contributed by atoms with van der Waals surface area (Å²) in [6, 6.07) is 13.9. The van der Waals surface area contributed by atoms with Gasteiger partial charge < -0.3 is 34.5 Å². The van der Waals surface area contributed by atoms with Crippen LogP contribution in [-0.2, 0) is 38.1 Å². The van der Waals surface area contributed by atoms with Gasteiger partial charge in [0.1, 0.15) is 18.3 Å². The summed E-state index contributed by atoms with van der Waals surface area (Å²) in [5, 5.41) is 21.0. The summed E-state index contributed by atoms with van der Waals surface area (Å²) in [5.74, 6) is 0. The highest BCUT2D eigenvalue weighted by Crippen LogP contribution is 2.66. The molecule has 1 aliphatic heterocycles. The first-order valence-corrected chi connectivity index (χ1v) is 16.6. The smallest absolute Gasteiger partial charge is 0.387 e. The van der Waals surface area contributed by atoms with Crippen molar-refractivity contribution in [1.29, 1.82) is 0 Å². The van der Waals surface area contributed by atoms with Crippen LogP contribution >= 0.6 is 23.5 Å². The normalized spacial score (nSPS) is 23.5. The maximum atomic E-state index is 13.3. The molecule has 1 saturated heterocycles. The topological polar surface area (TPSA) is 266 Å². The lowest BCUT2D eigenvalue weighted by Gasteiger charge is -2.19. The predicted octanol–water partition coefficient (Wildman–Crippen LogP) is 0.391. The molecule has 6 atom stereocenters. The zero-order valence-corrected chi connectivity index (χ0v) is 24.6. The average molecular weight is 665 g/mol. The molecule has 1 aliphatic rings. The van der Waals surface area contributed by atoms with E-state index in [0.29, 0.717) is 11.4 Å². The van der Waals surface area contributed by atoms with Gasteiger partial charge in [-0.2, -0.15) is 8.62 Å². The number of aliphatic hydroxyl groups excluding tert-OH is 2. The van der Waals surface area contributed by atoms with Crippen LogP contribution in [0.15, 0.2) is 64.3 Å². The van der Waals surface area contributed by atoms with E-state index in [0.717, 1.165) is 32.5 Å². The molecule has 18 nitrogen and oxygen atoms in total. The maximum absolute atomic E-state index is 13.3. The molecule has 3 heterocycles. The first-order valence-electron chi connectivity index (χ1n) is 12.1. The quantitative estimate of drug-likeness (QED) is 0.151. The molecule has 6 N–H and O–H groups in total. The summed E-state index contributed by atoms with van der Waals surface area (Å²) in [5.41, 5.74) is 1.01. The summed E-state index contributed by atoms with van der Waals surface area (Å²) in [6.07, 6.45) is -5.94. The highest BCUT2D eigenvalue weighted by molar-refractivity contribution is 7.66. The number of aliphatic hydroxyl groups is 2. The Morgan fingerprint density at radius 3 is 2.23 bits per heavy atom. The molecule has 0 bridgehead atoms. The van der Waals surface area contributed by atoms with Crippen molar-refractivity contribution >= 4 is 23.5 Å². The van der Waals surface area contributed by atoms with Gasteiger partial charge in [-0.1, -0.05) is 30.3 Å². The van der Waals surface area contributed by atoms with E-state index in [2.05, 4.69) is 18.1 Å². The van der Waals surface area contributed by atoms with Gasteiger partial charge in [0.05, 0.1) is 18.8 Å². The maximum Gasteiger partial charge on any atom is 0.490 e. The summed E-state index contributed by atoms with van der Waals surface area (Å²) in [7, 11) is -17.0. The first kappa shape index (κ1) is 33.2. The van der Waals surface area contributed by atoms with E-state index >= 15 is 0 Å². The van der Waals surface area contributed by atoms with Gasteiger partial charge in [-0.05, 0) is 30.2 Å². The standard InChI is InChI=1S/C22H26N3O15P3/c1-13-9-15(14-5-3-2-4-6-14)10-16(23-13)11-25-18(26)7-8-24(22(25)29)21-20(28)19(27)17(38-21)12-37-42(33,34)40-43(35,36)39-41(30,31)32/h2-10,17,19-21,27-28H,11-12H2,1H3,(H,33,34)(H,35,36)(H2,30,31,32)/t17-,19+,20?,21-/m1/s1. The first-order chi connectivity index (χ1) is 19.9. The van der Waals surface area contributed by atoms with Crippen LogP contribution in [-0.4, -0.2) is 68.8 Å². The van der Waals surface area contributed by atoms with Gasteiger partial charge in [-0.3, -0.25) is 23.4 Å². The number of phosphoric acid groups is 3. The van der Waals surface area contributed by atoms with E-state index in [1.807, 2.05) is 36.4 Å². The zero-order chi connectivity index (χ0) is 31.7. The summed E-state index contributed by atoms with van der Waals surface area (Å²) >= 11 is 0. The SMILES string of the molecule is Cc1cc(-c2ccccc2)cc(Cn2c(=O)ccn([C@@H]3O[C@H](COP(=O)(O)OP(=O)(O)OP(=O)(O)O)[C@H](O)C3O)c2=O)n1. The summed E-state index contributed by atoms with van der Waals surface area (Å²) < 4.78 is 53.0. The lowest BCUT2D eigenvalue weighted by Crippen LogP contribution is -2.43. The Kier molecular flexibility index (Phi) is 9.86. The second-order valence-corrected chi connectivity index (χ2v) is 13.6. The molecule has 1 fully saturated rings. The van der Waals surface area contributed by atoms with Crippen molar-refractivity contribution in [3.63, 3.8) is 0 Å². The molecule has 3 aromatic rings. The molecule has 3 unspecified atom stereocenters. The molecule has 21 heteroatoms. The molecule has 234 valence electrons. The van der Waals surface area contributed by atoms with Crippen molar-refractivity contribution in [2.75, 3.05) is 6.61 Å². The molecule has 43 heavy (non-hydrogen) atoms. The van der Waals surface area contributed by atoms with Gasteiger partial charge in [0.15, 0.2) is 6.23 Å². The van der Waals surface area contributed by atoms with Crippen LogP contribution in [0.25, 0.3) is 11.1 Å². The third kappa shape index (κ3) is 8.50. The van der Waals surface area contributed by atoms with Crippen LogP contribution in [0, 0.1) is 6.92 Å². The van der Waals surface area contributed by atoms with Gasteiger partial charge in [0, 0.05) is 18.0 Å². The van der Waals surface area contributed by atoms with Crippen molar-refractivity contribution in [2.45, 2.75) is 38.0 Å². The number of aromatic nitrogens is 3. The van der Waals surface area contributed by atoms with Gasteiger partial charge >= 0.3 is 29.2 Å². The minimum atomic E-state index is -5.79. The van der Waals surface area contributed by atoms with E-state index < -0.39 is 65.9 Å². The number of hydrogen-bond acceptors (Lipinski definition) is 12. The van der Waals surface area contributed by atoms with Gasteiger partial charge in [-0.15, -0.1) is 0 Å². The second kappa shape index (κ2) is 12.8. The molecule has 0 radical (unpaired) electrons. The van der Waals surface area contributed by atoms with Crippen molar-refractivity contribution in [1.82, 2.24) is 14.1 Å². The summed E-state index contributed by atoms with van der Waals surface area (Å²) in [6.45, 7) is 0.401. The molecule has 0 spiro atoms. The number of phosphoric ester groups is 1. The van der Waals surface area contributed by atoms with Crippen molar-refractivity contribution in [3.8, 4) is 11.1 Å². The Bertz CT molecular complexity index is 1740. The second-order valence-electron chi connectivity index (χ2n) is 9.22. The van der Waals surface area contributed by atoms with Crippen LogP contribution in [0.5, 0.6) is 0 Å². The molecular weight excluding hydrogens is 639 g/mol. The van der Waals surface area contributed by atoms with Crippen LogP contribution in [0.2, 0.25) is 0 Å². The highest BCUT2D eigenvalue weighted by atomic mass is 31.3. The number of nitrogens with zero attached hydrogens (tertiary/aromatic N) is 3. The fraction of sp³-hybridized carbons (Fsp3) is 0.318. The average Bonchev–Trinajstić information content (AvgIpc) is 3.16. The van der Waals surface area contributed by atoms with Crippen molar-refractivity contribution in [3.05, 3.63) is 87.0 Å². The third-order valence-electron chi connectivity index (χ3n) is 5.96. The Morgan fingerprint density at radius 1 is 0.907 bits per heavy atom. The number of aryl methyl sites for hydroxylation is 1. The van der Waals surface area contributed by atoms with Gasteiger partial charge in [0.2, 0.25) is 0 Å². The Balaban J connectivity index is 1.52. The van der Waals surface area contributed by atoms with E-state index in [4.69, 9.17) is 14.5 Å². The number of hydrogen-bond donors (Lipinski definition) is 6. The fourth-order valence-corrected chi connectivity index (χ4v) is 7.25. The van der Waals surface area contributed by atoms with Gasteiger partial charge in [-0.25, -0.2) is 18.5 Å². The molecule has 0 saturated carbocycles. The van der Waals surface area contributed by atoms with E-state index in [1.165, 1.54) is 0 Å². The van der Waals surface area contributed by atoms with Crippen LogP contribution in [0.4, 0.5) is 0 Å². The number of pyridine rings is 1. The van der Waals surface area contributed by atoms with Crippen LogP contribution < -0.4 is 11.2 Å². The number of benzene rings is 1. The van der Waals surface area contributed by atoms with Crippen LogP contribution in [0.3, 0.4) is 0 Å². The molecule has 0 amide bonds. The van der Waals surface area contributed by atoms with E-state index in [-0.39, 0.29) is 6.54 Å². The Morgan fingerprint density at radius 2 is 1.58 bits per heavy atom. The molecule has 2 aromatic heterocycles. The zero-order valence-electron chi connectivity index (χ0n) is 22.0. The van der Waals surface area contributed by atoms with E-state index in [9.17, 15) is 43.3 Å². The van der Waals surface area contributed by atoms with Crippen molar-refractivity contribution < 1.29 is 61.4 Å². The Labute approximate surface area is 241 Å². The largest absolute Gasteiger partial charge is 0.490 e. The van der Waals surface area contributed by atoms with Crippen LogP contribution in [0.1, 0.15) is 17.6 Å². The lowest BCUT2D eigenvalue weighted by molar-refractivity contribution is -0.0547. The lowest BCUT2D eigenvalue weighted by atomic mass is 10.0. The molecular formula is C22H26N3O15P3. The minimum absolute atomic E-state index is 0.263. The predicted molar refractivity (Wildman–Crippen MR) is 144 cm³/mol. The molecule has 1 aromatic carbocycles. The molecule has 4 rings (SSSR count). The number of ether oxygens (including phenoxy) is 1. The van der Waals surface area contributed by atoms with Crippen molar-refractivity contribution in [2.24, 2.45) is 0 Å². The van der Waals surface area contributed by atoms with Gasteiger partial charge in [0.25, 0.3) is 5.56 Å². The fourth-order valence-electron chi connectivity index (χ4n) is 4.22. The monoisotopic (exact) mass is 665 g/mol.